The summed E-state index contributed by atoms with van der Waals surface area (Å²) in [6, 6.07) is 11.2. The van der Waals surface area contributed by atoms with Crippen LogP contribution in [-0.2, 0) is 6.42 Å². The third-order valence-electron chi connectivity index (χ3n) is 3.67. The Labute approximate surface area is 127 Å². The van der Waals surface area contributed by atoms with Gasteiger partial charge in [0.1, 0.15) is 11.6 Å². The van der Waals surface area contributed by atoms with Gasteiger partial charge < -0.3 is 15.2 Å². The second-order valence-electron chi connectivity index (χ2n) is 5.17. The average Bonchev–Trinajstić information content (AvgIpc) is 3.00. The van der Waals surface area contributed by atoms with Gasteiger partial charge in [-0.3, -0.25) is 4.79 Å². The Morgan fingerprint density at radius 1 is 1.32 bits per heavy atom. The molecular formula is C17H16FNO3. The molecule has 0 fully saturated rings. The molecule has 0 saturated carbocycles. The normalized spacial score (nSPS) is 14.1. The van der Waals surface area contributed by atoms with Crippen molar-refractivity contribution in [3.63, 3.8) is 0 Å². The predicted molar refractivity (Wildman–Crippen MR) is 79.3 cm³/mol. The Balaban J connectivity index is 1.64. The van der Waals surface area contributed by atoms with E-state index in [-0.39, 0.29) is 18.0 Å². The molecule has 114 valence electrons. The number of ether oxygens (including phenoxy) is 1. The molecule has 1 aliphatic heterocycles. The highest BCUT2D eigenvalue weighted by Crippen LogP contribution is 2.25. The molecule has 0 aromatic heterocycles. The molecule has 3 rings (SSSR count). The van der Waals surface area contributed by atoms with E-state index in [0.717, 1.165) is 17.7 Å². The third kappa shape index (κ3) is 2.94. The number of amides is 1. The lowest BCUT2D eigenvalue weighted by molar-refractivity contribution is 0.0914. The number of carbonyl (C=O) groups is 1. The zero-order chi connectivity index (χ0) is 15.5. The Morgan fingerprint density at radius 3 is 2.95 bits per heavy atom. The zero-order valence-electron chi connectivity index (χ0n) is 11.9. The molecule has 1 unspecified atom stereocenters. The van der Waals surface area contributed by atoms with E-state index in [2.05, 4.69) is 5.32 Å². The molecule has 0 spiro atoms. The number of aliphatic hydroxyl groups is 1. The van der Waals surface area contributed by atoms with Crippen molar-refractivity contribution in [1.82, 2.24) is 5.32 Å². The van der Waals surface area contributed by atoms with Crippen LogP contribution in [0, 0.1) is 5.82 Å². The Morgan fingerprint density at radius 2 is 2.14 bits per heavy atom. The second-order valence-corrected chi connectivity index (χ2v) is 5.17. The molecule has 0 aliphatic carbocycles. The average molecular weight is 301 g/mol. The molecule has 0 saturated heterocycles. The first kappa shape index (κ1) is 14.5. The molecule has 5 heteroatoms. The van der Waals surface area contributed by atoms with Gasteiger partial charge in [-0.1, -0.05) is 18.2 Å². The predicted octanol–water partition coefficient (Wildman–Crippen LogP) is 2.22. The first-order valence-electron chi connectivity index (χ1n) is 7.11. The van der Waals surface area contributed by atoms with Gasteiger partial charge in [0.2, 0.25) is 0 Å². The van der Waals surface area contributed by atoms with Gasteiger partial charge in [0.15, 0.2) is 0 Å². The van der Waals surface area contributed by atoms with Crippen LogP contribution in [-0.4, -0.2) is 24.2 Å². The molecule has 0 bridgehead atoms. The van der Waals surface area contributed by atoms with Gasteiger partial charge in [0, 0.05) is 24.1 Å². The zero-order valence-corrected chi connectivity index (χ0v) is 11.9. The van der Waals surface area contributed by atoms with E-state index < -0.39 is 11.9 Å². The van der Waals surface area contributed by atoms with Crippen molar-refractivity contribution in [1.29, 1.82) is 0 Å². The summed E-state index contributed by atoms with van der Waals surface area (Å²) in [5.74, 6) is 0.0203. The number of benzene rings is 2. The van der Waals surface area contributed by atoms with Crippen LogP contribution >= 0.6 is 0 Å². The lowest BCUT2D eigenvalue weighted by atomic mass is 10.1. The highest BCUT2D eigenvalue weighted by Gasteiger charge is 2.17. The first-order valence-corrected chi connectivity index (χ1v) is 7.11. The molecule has 4 nitrogen and oxygen atoms in total. The minimum atomic E-state index is -1.08. The molecule has 1 amide bonds. The maximum Gasteiger partial charge on any atom is 0.251 e. The van der Waals surface area contributed by atoms with Gasteiger partial charge >= 0.3 is 0 Å². The highest BCUT2D eigenvalue weighted by atomic mass is 19.1. The van der Waals surface area contributed by atoms with Crippen molar-refractivity contribution >= 4 is 5.91 Å². The van der Waals surface area contributed by atoms with Crippen LogP contribution in [0.3, 0.4) is 0 Å². The van der Waals surface area contributed by atoms with Crippen LogP contribution in [0.15, 0.2) is 42.5 Å². The van der Waals surface area contributed by atoms with Crippen LogP contribution < -0.4 is 10.1 Å². The van der Waals surface area contributed by atoms with Crippen molar-refractivity contribution in [3.05, 3.63) is 65.0 Å². The molecule has 1 aliphatic rings. The first-order chi connectivity index (χ1) is 10.6. The summed E-state index contributed by atoms with van der Waals surface area (Å²) in [6.07, 6.45) is -0.295. The quantitative estimate of drug-likeness (QED) is 0.910. The highest BCUT2D eigenvalue weighted by molar-refractivity contribution is 5.94. The summed E-state index contributed by atoms with van der Waals surface area (Å²) in [7, 11) is 0. The molecule has 1 atom stereocenters. The molecule has 22 heavy (non-hydrogen) atoms. The Bertz CT molecular complexity index is 702. The second kappa shape index (κ2) is 6.15. The largest absolute Gasteiger partial charge is 0.493 e. The number of hydrogen-bond donors (Lipinski definition) is 2. The maximum absolute atomic E-state index is 13.6. The summed E-state index contributed by atoms with van der Waals surface area (Å²) >= 11 is 0. The van der Waals surface area contributed by atoms with Gasteiger partial charge in [-0.2, -0.15) is 0 Å². The van der Waals surface area contributed by atoms with Crippen molar-refractivity contribution in [3.8, 4) is 5.75 Å². The van der Waals surface area contributed by atoms with Gasteiger partial charge in [-0.25, -0.2) is 4.39 Å². The van der Waals surface area contributed by atoms with E-state index in [1.165, 1.54) is 12.1 Å². The lowest BCUT2D eigenvalue weighted by Gasteiger charge is -2.13. The number of halogens is 1. The molecule has 1 heterocycles. The molecule has 2 aromatic carbocycles. The fourth-order valence-corrected chi connectivity index (χ4v) is 2.47. The fraction of sp³-hybridized carbons (Fsp3) is 0.235. The SMILES string of the molecule is O=C(NCC(O)c1ccccc1F)c1ccc2c(c1)CCO2. The lowest BCUT2D eigenvalue weighted by Crippen LogP contribution is -2.28. The molecular weight excluding hydrogens is 285 g/mol. The third-order valence-corrected chi connectivity index (χ3v) is 3.67. The van der Waals surface area contributed by atoms with Gasteiger partial charge in [0.25, 0.3) is 5.91 Å². The van der Waals surface area contributed by atoms with E-state index >= 15 is 0 Å². The monoisotopic (exact) mass is 301 g/mol. The number of rotatable bonds is 4. The minimum absolute atomic E-state index is 0.0483. The number of fused-ring (bicyclic) bond motifs is 1. The molecule has 2 N–H and O–H groups in total. The minimum Gasteiger partial charge on any atom is -0.493 e. The van der Waals surface area contributed by atoms with Crippen molar-refractivity contribution in [2.45, 2.75) is 12.5 Å². The van der Waals surface area contributed by atoms with Gasteiger partial charge in [-0.05, 0) is 29.8 Å². The van der Waals surface area contributed by atoms with Crippen LogP contribution in [0.2, 0.25) is 0 Å². The van der Waals surface area contributed by atoms with Crippen molar-refractivity contribution < 1.29 is 19.0 Å². The van der Waals surface area contributed by atoms with Crippen molar-refractivity contribution in [2.24, 2.45) is 0 Å². The van der Waals surface area contributed by atoms with E-state index in [1.54, 1.807) is 30.3 Å². The number of nitrogens with one attached hydrogen (secondary N) is 1. The molecule has 2 aromatic rings. The Hall–Kier alpha value is -2.40. The summed E-state index contributed by atoms with van der Waals surface area (Å²) in [5, 5.41) is 12.6. The fourth-order valence-electron chi connectivity index (χ4n) is 2.47. The summed E-state index contributed by atoms with van der Waals surface area (Å²) in [4.78, 5) is 12.1. The number of hydrogen-bond acceptors (Lipinski definition) is 3. The van der Waals surface area contributed by atoms with E-state index in [1.807, 2.05) is 0 Å². The van der Waals surface area contributed by atoms with E-state index in [0.29, 0.717) is 12.2 Å². The molecule has 0 radical (unpaired) electrons. The summed E-state index contributed by atoms with van der Waals surface area (Å²) in [5.41, 5.74) is 1.68. The van der Waals surface area contributed by atoms with Crippen LogP contribution in [0.4, 0.5) is 4.39 Å². The van der Waals surface area contributed by atoms with E-state index in [9.17, 15) is 14.3 Å². The summed E-state index contributed by atoms with van der Waals surface area (Å²) < 4.78 is 18.9. The van der Waals surface area contributed by atoms with Crippen LogP contribution in [0.25, 0.3) is 0 Å². The maximum atomic E-state index is 13.6. The van der Waals surface area contributed by atoms with Crippen molar-refractivity contribution in [2.75, 3.05) is 13.2 Å². The topological polar surface area (TPSA) is 58.6 Å². The Kier molecular flexibility index (Phi) is 4.06. The van der Waals surface area contributed by atoms with Gasteiger partial charge in [0.05, 0.1) is 12.7 Å². The van der Waals surface area contributed by atoms with Crippen LogP contribution in [0.5, 0.6) is 5.75 Å². The van der Waals surface area contributed by atoms with Crippen LogP contribution in [0.1, 0.15) is 27.6 Å². The number of carbonyl (C=O) groups excluding carboxylic acids is 1. The van der Waals surface area contributed by atoms with E-state index in [4.69, 9.17) is 4.74 Å². The standard InChI is InChI=1S/C17H16FNO3/c18-14-4-2-1-3-13(14)15(20)10-19-17(21)12-5-6-16-11(9-12)7-8-22-16/h1-6,9,15,20H,7-8,10H2,(H,19,21). The summed E-state index contributed by atoms with van der Waals surface area (Å²) in [6.45, 7) is 0.583. The smallest absolute Gasteiger partial charge is 0.251 e. The number of aliphatic hydroxyl groups excluding tert-OH is 1. The van der Waals surface area contributed by atoms with Gasteiger partial charge in [-0.15, -0.1) is 0 Å².